The minimum Gasteiger partial charge on any atom is -0.448 e. The van der Waals surface area contributed by atoms with E-state index in [0.717, 1.165) is 0 Å². The summed E-state index contributed by atoms with van der Waals surface area (Å²) in [5.41, 5.74) is 5.41. The van der Waals surface area contributed by atoms with Crippen molar-refractivity contribution in [2.45, 2.75) is 6.04 Å². The fourth-order valence-electron chi connectivity index (χ4n) is 0.618. The molecule has 1 aromatic heterocycles. The largest absolute Gasteiger partial charge is 0.448 e. The van der Waals surface area contributed by atoms with Crippen LogP contribution in [0, 0.1) is 0 Å². The molecule has 0 aliphatic carbocycles. The Balaban J connectivity index is 2.74. The SMILES string of the molecule is N[C@@H](CO)c1ccc(Cl)o1. The van der Waals surface area contributed by atoms with Gasteiger partial charge in [0, 0.05) is 0 Å². The highest BCUT2D eigenvalue weighted by Crippen LogP contribution is 2.17. The van der Waals surface area contributed by atoms with Gasteiger partial charge in [0.15, 0.2) is 5.22 Å². The van der Waals surface area contributed by atoms with Crippen LogP contribution in [0.15, 0.2) is 16.5 Å². The molecule has 0 saturated heterocycles. The van der Waals surface area contributed by atoms with Crippen molar-refractivity contribution in [1.29, 1.82) is 0 Å². The molecule has 3 N–H and O–H groups in total. The molecule has 0 spiro atoms. The number of aliphatic hydroxyl groups excluding tert-OH is 1. The Kier molecular flexibility index (Phi) is 2.32. The summed E-state index contributed by atoms with van der Waals surface area (Å²) in [5, 5.41) is 8.86. The minimum atomic E-state index is -0.465. The third-order valence-electron chi connectivity index (χ3n) is 1.16. The molecule has 0 amide bonds. The normalized spacial score (nSPS) is 13.5. The average molecular weight is 162 g/mol. The van der Waals surface area contributed by atoms with Crippen LogP contribution in [-0.2, 0) is 0 Å². The minimum absolute atomic E-state index is 0.135. The van der Waals surface area contributed by atoms with E-state index < -0.39 is 6.04 Å². The van der Waals surface area contributed by atoms with Crippen LogP contribution in [0.3, 0.4) is 0 Å². The van der Waals surface area contributed by atoms with Crippen LogP contribution in [0.4, 0.5) is 0 Å². The molecule has 0 fully saturated rings. The molecule has 1 heterocycles. The Labute approximate surface area is 63.4 Å². The second-order valence-corrected chi connectivity index (χ2v) is 2.30. The molecule has 10 heavy (non-hydrogen) atoms. The van der Waals surface area contributed by atoms with Crippen LogP contribution in [0.1, 0.15) is 11.8 Å². The summed E-state index contributed by atoms with van der Waals surface area (Å²) in [6.45, 7) is -0.135. The van der Waals surface area contributed by atoms with Gasteiger partial charge in [0.2, 0.25) is 0 Å². The second kappa shape index (κ2) is 3.05. The summed E-state index contributed by atoms with van der Waals surface area (Å²) in [5.74, 6) is 0.507. The molecule has 4 heteroatoms. The Hall–Kier alpha value is -0.510. The maximum Gasteiger partial charge on any atom is 0.193 e. The van der Waals surface area contributed by atoms with Crippen molar-refractivity contribution in [2.24, 2.45) is 5.73 Å². The number of hydrogen-bond donors (Lipinski definition) is 2. The lowest BCUT2D eigenvalue weighted by atomic mass is 10.2. The van der Waals surface area contributed by atoms with Crippen molar-refractivity contribution in [3.05, 3.63) is 23.1 Å². The summed E-state index contributed by atoms with van der Waals surface area (Å²) >= 11 is 5.46. The third kappa shape index (κ3) is 1.50. The summed E-state index contributed by atoms with van der Waals surface area (Å²) in [7, 11) is 0. The average Bonchev–Trinajstić information content (AvgIpc) is 2.34. The van der Waals surface area contributed by atoms with Crippen LogP contribution in [-0.4, -0.2) is 11.7 Å². The fraction of sp³-hybridized carbons (Fsp3) is 0.333. The third-order valence-corrected chi connectivity index (χ3v) is 1.36. The monoisotopic (exact) mass is 161 g/mol. The van der Waals surface area contributed by atoms with Crippen LogP contribution in [0.2, 0.25) is 5.22 Å². The molecule has 3 nitrogen and oxygen atoms in total. The van der Waals surface area contributed by atoms with Gasteiger partial charge in [0.05, 0.1) is 12.6 Å². The van der Waals surface area contributed by atoms with E-state index >= 15 is 0 Å². The van der Waals surface area contributed by atoms with Gasteiger partial charge in [-0.2, -0.15) is 0 Å². The van der Waals surface area contributed by atoms with Gasteiger partial charge in [0.25, 0.3) is 0 Å². The first-order chi connectivity index (χ1) is 4.74. The topological polar surface area (TPSA) is 59.4 Å². The molecular weight excluding hydrogens is 154 g/mol. The molecule has 0 radical (unpaired) electrons. The van der Waals surface area contributed by atoms with Gasteiger partial charge in [0.1, 0.15) is 5.76 Å². The molecule has 1 aromatic rings. The van der Waals surface area contributed by atoms with Crippen LogP contribution >= 0.6 is 11.6 Å². The van der Waals surface area contributed by atoms with Crippen molar-refractivity contribution in [2.75, 3.05) is 6.61 Å². The second-order valence-electron chi connectivity index (χ2n) is 1.93. The standard InChI is InChI=1S/C6H8ClNO2/c7-6-2-1-5(10-6)4(8)3-9/h1-2,4,9H,3,8H2/t4-/m0/s1. The highest BCUT2D eigenvalue weighted by atomic mass is 35.5. The smallest absolute Gasteiger partial charge is 0.193 e. The van der Waals surface area contributed by atoms with E-state index in [1.54, 1.807) is 12.1 Å². The Morgan fingerprint density at radius 1 is 1.70 bits per heavy atom. The Morgan fingerprint density at radius 2 is 2.40 bits per heavy atom. The van der Waals surface area contributed by atoms with Gasteiger partial charge in [-0.1, -0.05) is 0 Å². The zero-order valence-electron chi connectivity index (χ0n) is 5.25. The lowest BCUT2D eigenvalue weighted by molar-refractivity contribution is 0.252. The first-order valence-corrected chi connectivity index (χ1v) is 3.23. The quantitative estimate of drug-likeness (QED) is 0.678. The number of rotatable bonds is 2. The van der Waals surface area contributed by atoms with E-state index in [9.17, 15) is 0 Å². The maximum atomic E-state index is 8.57. The highest BCUT2D eigenvalue weighted by Gasteiger charge is 2.07. The van der Waals surface area contributed by atoms with Gasteiger partial charge >= 0.3 is 0 Å². The van der Waals surface area contributed by atoms with Crippen molar-refractivity contribution in [1.82, 2.24) is 0 Å². The van der Waals surface area contributed by atoms with Gasteiger partial charge in [-0.3, -0.25) is 0 Å². The van der Waals surface area contributed by atoms with Crippen molar-refractivity contribution >= 4 is 11.6 Å². The lowest BCUT2D eigenvalue weighted by Crippen LogP contribution is -2.13. The number of nitrogens with two attached hydrogens (primary N) is 1. The summed E-state index contributed by atoms with van der Waals surface area (Å²) < 4.78 is 4.92. The molecule has 0 unspecified atom stereocenters. The van der Waals surface area contributed by atoms with Crippen molar-refractivity contribution in [3.63, 3.8) is 0 Å². The van der Waals surface area contributed by atoms with E-state index in [1.807, 2.05) is 0 Å². The summed E-state index contributed by atoms with van der Waals surface area (Å²) in [4.78, 5) is 0. The summed E-state index contributed by atoms with van der Waals surface area (Å²) in [6, 6.07) is 2.77. The van der Waals surface area contributed by atoms with E-state index in [2.05, 4.69) is 0 Å². The highest BCUT2D eigenvalue weighted by molar-refractivity contribution is 6.28. The van der Waals surface area contributed by atoms with Gasteiger partial charge < -0.3 is 15.3 Å². The lowest BCUT2D eigenvalue weighted by Gasteiger charge is -2.01. The molecule has 1 rings (SSSR count). The van der Waals surface area contributed by atoms with Crippen LogP contribution in [0.5, 0.6) is 0 Å². The summed E-state index contributed by atoms with van der Waals surface area (Å²) in [6.07, 6.45) is 0. The van der Waals surface area contributed by atoms with Gasteiger partial charge in [-0.05, 0) is 23.7 Å². The van der Waals surface area contributed by atoms with Crippen LogP contribution in [0.25, 0.3) is 0 Å². The van der Waals surface area contributed by atoms with Crippen molar-refractivity contribution in [3.8, 4) is 0 Å². The molecule has 0 bridgehead atoms. The molecule has 1 atom stereocenters. The first kappa shape index (κ1) is 7.60. The fourth-order valence-corrected chi connectivity index (χ4v) is 0.770. The zero-order valence-corrected chi connectivity index (χ0v) is 6.01. The van der Waals surface area contributed by atoms with E-state index in [1.165, 1.54) is 0 Å². The molecule has 0 saturated carbocycles. The predicted molar refractivity (Wildman–Crippen MR) is 37.7 cm³/mol. The Morgan fingerprint density at radius 3 is 2.80 bits per heavy atom. The number of aliphatic hydroxyl groups is 1. The Bertz CT molecular complexity index is 211. The zero-order chi connectivity index (χ0) is 7.56. The van der Waals surface area contributed by atoms with E-state index in [4.69, 9.17) is 26.9 Å². The number of halogens is 1. The van der Waals surface area contributed by atoms with E-state index in [0.29, 0.717) is 11.0 Å². The molecular formula is C6H8ClNO2. The molecule has 0 aliphatic heterocycles. The number of furan rings is 1. The van der Waals surface area contributed by atoms with Gasteiger partial charge in [-0.25, -0.2) is 0 Å². The molecule has 0 aromatic carbocycles. The molecule has 0 aliphatic rings. The van der Waals surface area contributed by atoms with E-state index in [-0.39, 0.29) is 6.61 Å². The first-order valence-electron chi connectivity index (χ1n) is 2.85. The van der Waals surface area contributed by atoms with Gasteiger partial charge in [-0.15, -0.1) is 0 Å². The van der Waals surface area contributed by atoms with Crippen molar-refractivity contribution < 1.29 is 9.52 Å². The molecule has 56 valence electrons. The van der Waals surface area contributed by atoms with Crippen LogP contribution < -0.4 is 5.73 Å². The maximum absolute atomic E-state index is 8.57. The predicted octanol–water partition coefficient (Wildman–Crippen LogP) is 0.925. The number of hydrogen-bond acceptors (Lipinski definition) is 3.